The summed E-state index contributed by atoms with van der Waals surface area (Å²) in [5.41, 5.74) is 0. The molecule has 1 aromatic heterocycles. The minimum Gasteiger partial charge on any atom is -0.484 e. The lowest BCUT2D eigenvalue weighted by molar-refractivity contribution is 0.252. The Bertz CT molecular complexity index is 473. The summed E-state index contributed by atoms with van der Waals surface area (Å²) in [4.78, 5) is 0. The smallest absolute Gasteiger partial charge is 0.276 e. The van der Waals surface area contributed by atoms with E-state index in [0.717, 1.165) is 5.75 Å². The fourth-order valence-electron chi connectivity index (χ4n) is 1.15. The molecule has 90 valence electrons. The van der Waals surface area contributed by atoms with Gasteiger partial charge in [0, 0.05) is 0 Å². The van der Waals surface area contributed by atoms with Crippen LogP contribution in [0.2, 0.25) is 0 Å². The molecule has 6 heteroatoms. The van der Waals surface area contributed by atoms with Crippen LogP contribution in [0, 0.1) is 5.82 Å². The normalized spacial score (nSPS) is 10.5. The van der Waals surface area contributed by atoms with E-state index in [4.69, 9.17) is 9.15 Å². The van der Waals surface area contributed by atoms with Crippen LogP contribution >= 0.6 is 11.8 Å². The van der Waals surface area contributed by atoms with Gasteiger partial charge >= 0.3 is 0 Å². The second kappa shape index (κ2) is 5.67. The minimum absolute atomic E-state index is 0.183. The van der Waals surface area contributed by atoms with Gasteiger partial charge < -0.3 is 9.15 Å². The van der Waals surface area contributed by atoms with Gasteiger partial charge in [-0.2, -0.15) is 0 Å². The summed E-state index contributed by atoms with van der Waals surface area (Å²) in [6.45, 7) is 2.19. The van der Waals surface area contributed by atoms with Crippen molar-refractivity contribution in [2.24, 2.45) is 0 Å². The van der Waals surface area contributed by atoms with Gasteiger partial charge in [-0.3, -0.25) is 0 Å². The van der Waals surface area contributed by atoms with Crippen LogP contribution < -0.4 is 4.74 Å². The Morgan fingerprint density at radius 1 is 1.29 bits per heavy atom. The van der Waals surface area contributed by atoms with Crippen LogP contribution in [0.3, 0.4) is 0 Å². The molecule has 0 amide bonds. The summed E-state index contributed by atoms with van der Waals surface area (Å²) in [7, 11) is 0. The highest BCUT2D eigenvalue weighted by atomic mass is 32.2. The summed E-state index contributed by atoms with van der Waals surface area (Å²) in [6, 6.07) is 5.77. The van der Waals surface area contributed by atoms with Crippen molar-refractivity contribution in [1.29, 1.82) is 0 Å². The first kappa shape index (κ1) is 11.9. The molecule has 2 rings (SSSR count). The van der Waals surface area contributed by atoms with Gasteiger partial charge in [-0.25, -0.2) is 4.39 Å². The zero-order chi connectivity index (χ0) is 12.1. The predicted molar refractivity (Wildman–Crippen MR) is 61.4 cm³/mol. The highest BCUT2D eigenvalue weighted by Gasteiger charge is 2.06. The fourth-order valence-corrected chi connectivity index (χ4v) is 1.65. The molecule has 0 aliphatic heterocycles. The number of aromatic nitrogens is 2. The van der Waals surface area contributed by atoms with Crippen molar-refractivity contribution in [3.63, 3.8) is 0 Å². The second-order valence-corrected chi connectivity index (χ2v) is 4.35. The molecule has 17 heavy (non-hydrogen) atoms. The molecule has 0 spiro atoms. The summed E-state index contributed by atoms with van der Waals surface area (Å²) >= 11 is 1.47. The first-order valence-electron chi connectivity index (χ1n) is 5.11. The Morgan fingerprint density at radius 2 is 2.06 bits per heavy atom. The van der Waals surface area contributed by atoms with Crippen molar-refractivity contribution in [2.75, 3.05) is 5.75 Å². The Morgan fingerprint density at radius 3 is 2.76 bits per heavy atom. The van der Waals surface area contributed by atoms with Gasteiger partial charge in [0.1, 0.15) is 11.6 Å². The van der Waals surface area contributed by atoms with E-state index in [0.29, 0.717) is 16.9 Å². The molecule has 0 saturated heterocycles. The molecular weight excluding hydrogens is 243 g/mol. The van der Waals surface area contributed by atoms with Crippen LogP contribution in [0.4, 0.5) is 4.39 Å². The van der Waals surface area contributed by atoms with E-state index >= 15 is 0 Å². The second-order valence-electron chi connectivity index (χ2n) is 3.14. The summed E-state index contributed by atoms with van der Waals surface area (Å²) in [5.74, 6) is 1.55. The maximum Gasteiger partial charge on any atom is 0.276 e. The van der Waals surface area contributed by atoms with Crippen LogP contribution in [-0.2, 0) is 6.61 Å². The van der Waals surface area contributed by atoms with E-state index < -0.39 is 0 Å². The van der Waals surface area contributed by atoms with Gasteiger partial charge in [0.15, 0.2) is 6.61 Å². The molecule has 0 unspecified atom stereocenters. The Balaban J connectivity index is 1.90. The average Bonchev–Trinajstić information content (AvgIpc) is 2.77. The van der Waals surface area contributed by atoms with Gasteiger partial charge in [0.25, 0.3) is 11.1 Å². The highest BCUT2D eigenvalue weighted by Crippen LogP contribution is 2.17. The largest absolute Gasteiger partial charge is 0.484 e. The zero-order valence-electron chi connectivity index (χ0n) is 9.22. The van der Waals surface area contributed by atoms with Gasteiger partial charge in [0.2, 0.25) is 0 Å². The Kier molecular flexibility index (Phi) is 3.98. The molecule has 1 heterocycles. The van der Waals surface area contributed by atoms with E-state index in [1.54, 1.807) is 12.1 Å². The lowest BCUT2D eigenvalue weighted by Gasteiger charge is -2.01. The highest BCUT2D eigenvalue weighted by molar-refractivity contribution is 7.99. The van der Waals surface area contributed by atoms with E-state index in [-0.39, 0.29) is 12.4 Å². The van der Waals surface area contributed by atoms with Crippen molar-refractivity contribution >= 4 is 11.8 Å². The molecule has 0 N–H and O–H groups in total. The van der Waals surface area contributed by atoms with Crippen LogP contribution in [0.1, 0.15) is 12.8 Å². The monoisotopic (exact) mass is 254 g/mol. The fraction of sp³-hybridized carbons (Fsp3) is 0.273. The summed E-state index contributed by atoms with van der Waals surface area (Å²) < 4.78 is 23.3. The lowest BCUT2D eigenvalue weighted by atomic mass is 10.3. The maximum absolute atomic E-state index is 12.6. The van der Waals surface area contributed by atoms with Gasteiger partial charge in [0.05, 0.1) is 0 Å². The van der Waals surface area contributed by atoms with E-state index in [1.165, 1.54) is 23.9 Å². The molecule has 0 saturated carbocycles. The van der Waals surface area contributed by atoms with E-state index in [2.05, 4.69) is 10.2 Å². The third-order valence-corrected chi connectivity index (χ3v) is 2.59. The van der Waals surface area contributed by atoms with Gasteiger partial charge in [-0.15, -0.1) is 10.2 Å². The van der Waals surface area contributed by atoms with Crippen molar-refractivity contribution in [3.05, 3.63) is 36.0 Å². The Labute approximate surface area is 102 Å². The molecular formula is C11H11FN2O2S. The minimum atomic E-state index is -0.295. The number of hydrogen-bond donors (Lipinski definition) is 0. The zero-order valence-corrected chi connectivity index (χ0v) is 10.0. The number of ether oxygens (including phenoxy) is 1. The van der Waals surface area contributed by atoms with Crippen molar-refractivity contribution in [2.45, 2.75) is 18.8 Å². The standard InChI is InChI=1S/C11H11FN2O2S/c1-2-17-11-14-13-10(16-11)7-15-9-5-3-8(12)4-6-9/h3-6H,2,7H2,1H3. The lowest BCUT2D eigenvalue weighted by Crippen LogP contribution is -1.95. The summed E-state index contributed by atoms with van der Waals surface area (Å²) in [5, 5.41) is 8.20. The molecule has 4 nitrogen and oxygen atoms in total. The van der Waals surface area contributed by atoms with Gasteiger partial charge in [-0.05, 0) is 30.0 Å². The van der Waals surface area contributed by atoms with Crippen molar-refractivity contribution in [1.82, 2.24) is 10.2 Å². The molecule has 0 fully saturated rings. The van der Waals surface area contributed by atoms with Crippen LogP contribution in [0.5, 0.6) is 5.75 Å². The predicted octanol–water partition coefficient (Wildman–Crippen LogP) is 2.90. The van der Waals surface area contributed by atoms with Gasteiger partial charge in [-0.1, -0.05) is 18.7 Å². The molecule has 0 aliphatic carbocycles. The van der Waals surface area contributed by atoms with Crippen LogP contribution in [-0.4, -0.2) is 16.0 Å². The number of halogens is 1. The molecule has 1 aromatic carbocycles. The SMILES string of the molecule is CCSc1nnc(COc2ccc(F)cc2)o1. The first-order chi connectivity index (χ1) is 8.28. The van der Waals surface area contributed by atoms with Crippen LogP contribution in [0.25, 0.3) is 0 Å². The first-order valence-corrected chi connectivity index (χ1v) is 6.10. The maximum atomic E-state index is 12.6. The average molecular weight is 254 g/mol. The third kappa shape index (κ3) is 3.45. The van der Waals surface area contributed by atoms with Crippen molar-refractivity contribution < 1.29 is 13.5 Å². The molecule has 2 aromatic rings. The quantitative estimate of drug-likeness (QED) is 0.768. The number of rotatable bonds is 5. The number of hydrogen-bond acceptors (Lipinski definition) is 5. The van der Waals surface area contributed by atoms with E-state index in [1.807, 2.05) is 6.92 Å². The summed E-state index contributed by atoms with van der Waals surface area (Å²) in [6.07, 6.45) is 0. The molecule has 0 radical (unpaired) electrons. The Hall–Kier alpha value is -1.56. The number of nitrogens with zero attached hydrogens (tertiary/aromatic N) is 2. The molecule has 0 aliphatic rings. The number of benzene rings is 1. The third-order valence-electron chi connectivity index (χ3n) is 1.89. The van der Waals surface area contributed by atoms with Crippen LogP contribution in [0.15, 0.2) is 33.9 Å². The molecule has 0 atom stereocenters. The molecule has 0 bridgehead atoms. The van der Waals surface area contributed by atoms with E-state index in [9.17, 15) is 4.39 Å². The topological polar surface area (TPSA) is 48.2 Å². The van der Waals surface area contributed by atoms with Crippen molar-refractivity contribution in [3.8, 4) is 5.75 Å². The number of thioether (sulfide) groups is 1.